The Morgan fingerprint density at radius 2 is 2.17 bits per heavy atom. The summed E-state index contributed by atoms with van der Waals surface area (Å²) in [7, 11) is 0. The Kier molecular flexibility index (Phi) is 4.53. The van der Waals surface area contributed by atoms with Crippen LogP contribution in [0.2, 0.25) is 0 Å². The summed E-state index contributed by atoms with van der Waals surface area (Å²) in [6.07, 6.45) is 2.51. The summed E-state index contributed by atoms with van der Waals surface area (Å²) in [4.78, 5) is 2.38. The molecule has 18 heavy (non-hydrogen) atoms. The zero-order valence-electron chi connectivity index (χ0n) is 11.7. The van der Waals surface area contributed by atoms with Gasteiger partial charge in [-0.1, -0.05) is 13.8 Å². The van der Waals surface area contributed by atoms with Crippen molar-refractivity contribution in [1.82, 2.24) is 15.5 Å². The highest BCUT2D eigenvalue weighted by Crippen LogP contribution is 2.25. The van der Waals surface area contributed by atoms with Crippen molar-refractivity contribution in [3.63, 3.8) is 0 Å². The molecule has 1 aromatic rings. The van der Waals surface area contributed by atoms with E-state index in [-0.39, 0.29) is 0 Å². The molecule has 1 saturated heterocycles. The van der Waals surface area contributed by atoms with Crippen LogP contribution < -0.4 is 10.2 Å². The van der Waals surface area contributed by atoms with Crippen LogP contribution in [-0.2, 0) is 6.54 Å². The van der Waals surface area contributed by atoms with Crippen molar-refractivity contribution in [3.8, 4) is 0 Å². The van der Waals surface area contributed by atoms with Crippen LogP contribution in [-0.4, -0.2) is 29.3 Å². The smallest absolute Gasteiger partial charge is 0.151 e. The van der Waals surface area contributed by atoms with Crippen molar-refractivity contribution >= 4 is 5.82 Å². The first-order valence-electron chi connectivity index (χ1n) is 7.00. The van der Waals surface area contributed by atoms with Crippen molar-refractivity contribution in [2.75, 3.05) is 18.0 Å². The molecule has 0 bridgehead atoms. The van der Waals surface area contributed by atoms with Crippen LogP contribution >= 0.6 is 0 Å². The van der Waals surface area contributed by atoms with Crippen LogP contribution in [0.5, 0.6) is 0 Å². The van der Waals surface area contributed by atoms with Crippen molar-refractivity contribution in [3.05, 3.63) is 17.8 Å². The zero-order chi connectivity index (χ0) is 13.0. The first kappa shape index (κ1) is 13.3. The summed E-state index contributed by atoms with van der Waals surface area (Å²) in [5, 5.41) is 11.9. The highest BCUT2D eigenvalue weighted by atomic mass is 15.3. The average molecular weight is 248 g/mol. The van der Waals surface area contributed by atoms with Gasteiger partial charge in [-0.3, -0.25) is 0 Å². The SMILES string of the molecule is CCNCc1ccc(N2CCC(C)CC2C)nn1. The van der Waals surface area contributed by atoms with Gasteiger partial charge in [0.1, 0.15) is 0 Å². The molecule has 1 fully saturated rings. The maximum absolute atomic E-state index is 4.37. The van der Waals surface area contributed by atoms with Gasteiger partial charge in [-0.2, -0.15) is 5.10 Å². The van der Waals surface area contributed by atoms with Crippen LogP contribution in [0.3, 0.4) is 0 Å². The third-order valence-corrected chi connectivity index (χ3v) is 3.69. The Morgan fingerprint density at radius 3 is 2.78 bits per heavy atom. The van der Waals surface area contributed by atoms with E-state index in [4.69, 9.17) is 0 Å². The standard InChI is InChI=1S/C14H24N4/c1-4-15-10-13-5-6-14(17-16-13)18-8-7-11(2)9-12(18)3/h5-6,11-12,15H,4,7-10H2,1-3H3. The lowest BCUT2D eigenvalue weighted by atomic mass is 9.93. The van der Waals surface area contributed by atoms with Gasteiger partial charge in [0, 0.05) is 19.1 Å². The third-order valence-electron chi connectivity index (χ3n) is 3.69. The Labute approximate surface area is 110 Å². The average Bonchev–Trinajstić information content (AvgIpc) is 2.37. The minimum absolute atomic E-state index is 0.572. The molecule has 1 aromatic heterocycles. The molecular weight excluding hydrogens is 224 g/mol. The van der Waals surface area contributed by atoms with Gasteiger partial charge in [-0.05, 0) is 44.4 Å². The van der Waals surface area contributed by atoms with Crippen LogP contribution in [0.1, 0.15) is 39.3 Å². The molecule has 100 valence electrons. The monoisotopic (exact) mass is 248 g/mol. The first-order chi connectivity index (χ1) is 8.70. The molecule has 2 unspecified atom stereocenters. The van der Waals surface area contributed by atoms with E-state index in [0.717, 1.165) is 37.1 Å². The third kappa shape index (κ3) is 3.19. The second-order valence-electron chi connectivity index (χ2n) is 5.34. The molecule has 0 radical (unpaired) electrons. The Balaban J connectivity index is 2.00. The summed E-state index contributed by atoms with van der Waals surface area (Å²) in [5.74, 6) is 1.85. The normalized spacial score (nSPS) is 24.3. The van der Waals surface area contributed by atoms with E-state index in [1.807, 2.05) is 0 Å². The molecule has 0 spiro atoms. The largest absolute Gasteiger partial charge is 0.352 e. The van der Waals surface area contributed by atoms with Crippen molar-refractivity contribution < 1.29 is 0 Å². The van der Waals surface area contributed by atoms with Gasteiger partial charge >= 0.3 is 0 Å². The van der Waals surface area contributed by atoms with E-state index in [0.29, 0.717) is 6.04 Å². The van der Waals surface area contributed by atoms with Gasteiger partial charge in [0.2, 0.25) is 0 Å². The minimum Gasteiger partial charge on any atom is -0.352 e. The summed E-state index contributed by atoms with van der Waals surface area (Å²) < 4.78 is 0. The highest BCUT2D eigenvalue weighted by Gasteiger charge is 2.23. The molecule has 0 saturated carbocycles. The molecule has 2 atom stereocenters. The predicted octanol–water partition coefficient (Wildman–Crippen LogP) is 2.21. The summed E-state index contributed by atoms with van der Waals surface area (Å²) >= 11 is 0. The van der Waals surface area contributed by atoms with Crippen molar-refractivity contribution in [1.29, 1.82) is 0 Å². The topological polar surface area (TPSA) is 41.0 Å². The Hall–Kier alpha value is -1.16. The van der Waals surface area contributed by atoms with Crippen molar-refractivity contribution in [2.45, 2.75) is 46.2 Å². The van der Waals surface area contributed by atoms with E-state index in [1.54, 1.807) is 0 Å². The molecule has 0 amide bonds. The molecule has 4 heteroatoms. The van der Waals surface area contributed by atoms with E-state index in [2.05, 4.69) is 53.3 Å². The minimum atomic E-state index is 0.572. The molecule has 2 rings (SSSR count). The number of hydrogen-bond donors (Lipinski definition) is 1. The van der Waals surface area contributed by atoms with E-state index in [9.17, 15) is 0 Å². The van der Waals surface area contributed by atoms with Crippen molar-refractivity contribution in [2.24, 2.45) is 5.92 Å². The molecule has 1 aliphatic rings. The zero-order valence-corrected chi connectivity index (χ0v) is 11.7. The number of hydrogen-bond acceptors (Lipinski definition) is 4. The van der Waals surface area contributed by atoms with Gasteiger partial charge in [-0.25, -0.2) is 0 Å². The fourth-order valence-corrected chi connectivity index (χ4v) is 2.60. The van der Waals surface area contributed by atoms with Crippen LogP contribution in [0.15, 0.2) is 12.1 Å². The maximum Gasteiger partial charge on any atom is 0.151 e. The second-order valence-corrected chi connectivity index (χ2v) is 5.34. The van der Waals surface area contributed by atoms with Crippen LogP contribution in [0, 0.1) is 5.92 Å². The summed E-state index contributed by atoms with van der Waals surface area (Å²) in [6.45, 7) is 9.58. The van der Waals surface area contributed by atoms with Gasteiger partial charge in [-0.15, -0.1) is 5.10 Å². The number of nitrogens with one attached hydrogen (secondary N) is 1. The highest BCUT2D eigenvalue weighted by molar-refractivity contribution is 5.39. The first-order valence-corrected chi connectivity index (χ1v) is 7.00. The lowest BCUT2D eigenvalue weighted by Gasteiger charge is -2.37. The number of nitrogens with zero attached hydrogens (tertiary/aromatic N) is 3. The van der Waals surface area contributed by atoms with Crippen LogP contribution in [0.4, 0.5) is 5.82 Å². The number of piperidine rings is 1. The Morgan fingerprint density at radius 1 is 1.33 bits per heavy atom. The van der Waals surface area contributed by atoms with Crippen LogP contribution in [0.25, 0.3) is 0 Å². The fraction of sp³-hybridized carbons (Fsp3) is 0.714. The number of aromatic nitrogens is 2. The summed E-state index contributed by atoms with van der Waals surface area (Å²) in [5.41, 5.74) is 1.01. The molecular formula is C14H24N4. The van der Waals surface area contributed by atoms with E-state index < -0.39 is 0 Å². The quantitative estimate of drug-likeness (QED) is 0.887. The van der Waals surface area contributed by atoms with Gasteiger partial charge < -0.3 is 10.2 Å². The molecule has 2 heterocycles. The molecule has 1 aliphatic heterocycles. The van der Waals surface area contributed by atoms with Gasteiger partial charge in [0.15, 0.2) is 5.82 Å². The van der Waals surface area contributed by atoms with Gasteiger partial charge in [0.05, 0.1) is 5.69 Å². The lowest BCUT2D eigenvalue weighted by molar-refractivity contribution is 0.375. The Bertz CT molecular complexity index is 363. The number of rotatable bonds is 4. The fourth-order valence-electron chi connectivity index (χ4n) is 2.60. The molecule has 1 N–H and O–H groups in total. The number of anilines is 1. The predicted molar refractivity (Wildman–Crippen MR) is 74.6 cm³/mol. The molecule has 0 aromatic carbocycles. The second kappa shape index (κ2) is 6.14. The lowest BCUT2D eigenvalue weighted by Crippen LogP contribution is -2.40. The van der Waals surface area contributed by atoms with E-state index in [1.165, 1.54) is 12.8 Å². The van der Waals surface area contributed by atoms with E-state index >= 15 is 0 Å². The summed E-state index contributed by atoms with van der Waals surface area (Å²) in [6, 6.07) is 4.75. The molecule has 0 aliphatic carbocycles. The maximum atomic E-state index is 4.37. The molecule has 4 nitrogen and oxygen atoms in total. The van der Waals surface area contributed by atoms with Gasteiger partial charge in [0.25, 0.3) is 0 Å².